The molecule has 0 aliphatic rings. The van der Waals surface area contributed by atoms with Gasteiger partial charge in [0.1, 0.15) is 0 Å². The highest BCUT2D eigenvalue weighted by molar-refractivity contribution is 5.36. The lowest BCUT2D eigenvalue weighted by molar-refractivity contribution is 0.777. The van der Waals surface area contributed by atoms with Crippen molar-refractivity contribution in [2.24, 2.45) is 5.73 Å². The van der Waals surface area contributed by atoms with E-state index in [4.69, 9.17) is 5.73 Å². The second-order valence-electron chi connectivity index (χ2n) is 4.61. The van der Waals surface area contributed by atoms with E-state index < -0.39 is 0 Å². The molecular formula is C14H19N3. The zero-order valence-electron chi connectivity index (χ0n) is 10.6. The molecule has 3 N–H and O–H groups in total. The van der Waals surface area contributed by atoms with Crippen LogP contribution in [-0.2, 0) is 0 Å². The standard InChI is InChI=1S/C14H19N3/c1-9-4-5-12(6-10(9)2)13(8-15)14-7-11(3)16-17-14/h4-7,13H,8,15H2,1-3H3,(H,16,17). The van der Waals surface area contributed by atoms with Gasteiger partial charge in [-0.1, -0.05) is 18.2 Å². The Balaban J connectivity index is 2.38. The molecular weight excluding hydrogens is 210 g/mol. The van der Waals surface area contributed by atoms with Gasteiger partial charge in [0, 0.05) is 18.2 Å². The summed E-state index contributed by atoms with van der Waals surface area (Å²) in [5.74, 6) is 0.180. The van der Waals surface area contributed by atoms with Crippen molar-refractivity contribution in [3.05, 3.63) is 52.3 Å². The number of H-pyrrole nitrogens is 1. The molecule has 0 saturated carbocycles. The highest BCUT2D eigenvalue weighted by Gasteiger charge is 2.15. The minimum Gasteiger partial charge on any atom is -0.329 e. The average Bonchev–Trinajstić information content (AvgIpc) is 2.71. The number of nitrogens with one attached hydrogen (secondary N) is 1. The van der Waals surface area contributed by atoms with Crippen LogP contribution in [0.1, 0.15) is 34.0 Å². The predicted molar refractivity (Wildman–Crippen MR) is 70.1 cm³/mol. The fourth-order valence-electron chi connectivity index (χ4n) is 2.03. The molecule has 1 atom stereocenters. The van der Waals surface area contributed by atoms with Gasteiger partial charge in [-0.2, -0.15) is 5.10 Å². The molecule has 0 amide bonds. The second-order valence-corrected chi connectivity index (χ2v) is 4.61. The second kappa shape index (κ2) is 4.72. The lowest BCUT2D eigenvalue weighted by Gasteiger charge is -2.14. The van der Waals surface area contributed by atoms with Gasteiger partial charge >= 0.3 is 0 Å². The third-order valence-corrected chi connectivity index (χ3v) is 3.25. The van der Waals surface area contributed by atoms with E-state index in [0.29, 0.717) is 6.54 Å². The van der Waals surface area contributed by atoms with Gasteiger partial charge in [-0.25, -0.2) is 0 Å². The quantitative estimate of drug-likeness (QED) is 0.849. The zero-order chi connectivity index (χ0) is 12.4. The van der Waals surface area contributed by atoms with Crippen LogP contribution in [0.3, 0.4) is 0 Å². The van der Waals surface area contributed by atoms with Crippen LogP contribution in [0.5, 0.6) is 0 Å². The van der Waals surface area contributed by atoms with Crippen molar-refractivity contribution in [1.29, 1.82) is 0 Å². The molecule has 2 rings (SSSR count). The van der Waals surface area contributed by atoms with Gasteiger partial charge in [0.15, 0.2) is 0 Å². The van der Waals surface area contributed by atoms with Gasteiger partial charge in [0.2, 0.25) is 0 Å². The Labute approximate surface area is 102 Å². The van der Waals surface area contributed by atoms with E-state index in [1.54, 1.807) is 0 Å². The smallest absolute Gasteiger partial charge is 0.0712 e. The van der Waals surface area contributed by atoms with E-state index in [-0.39, 0.29) is 5.92 Å². The van der Waals surface area contributed by atoms with E-state index >= 15 is 0 Å². The van der Waals surface area contributed by atoms with Crippen LogP contribution >= 0.6 is 0 Å². The molecule has 0 saturated heterocycles. The molecule has 17 heavy (non-hydrogen) atoms. The number of hydrogen-bond donors (Lipinski definition) is 2. The number of rotatable bonds is 3. The number of hydrogen-bond acceptors (Lipinski definition) is 2. The van der Waals surface area contributed by atoms with E-state index in [1.807, 2.05) is 6.92 Å². The van der Waals surface area contributed by atoms with Crippen LogP contribution in [-0.4, -0.2) is 16.7 Å². The monoisotopic (exact) mass is 229 g/mol. The molecule has 0 aliphatic carbocycles. The van der Waals surface area contributed by atoms with Crippen LogP contribution in [0, 0.1) is 20.8 Å². The Morgan fingerprint density at radius 2 is 1.94 bits per heavy atom. The summed E-state index contributed by atoms with van der Waals surface area (Å²) in [6.45, 7) is 6.83. The SMILES string of the molecule is Cc1cc(C(CN)c2ccc(C)c(C)c2)n[nH]1. The van der Waals surface area contributed by atoms with Gasteiger partial charge in [0.05, 0.1) is 5.69 Å². The summed E-state index contributed by atoms with van der Waals surface area (Å²) in [6.07, 6.45) is 0. The van der Waals surface area contributed by atoms with Crippen molar-refractivity contribution in [3.8, 4) is 0 Å². The van der Waals surface area contributed by atoms with Gasteiger partial charge in [-0.05, 0) is 43.5 Å². The maximum atomic E-state index is 5.88. The lowest BCUT2D eigenvalue weighted by atomic mass is 9.93. The fourth-order valence-corrected chi connectivity index (χ4v) is 2.03. The van der Waals surface area contributed by atoms with E-state index in [0.717, 1.165) is 11.4 Å². The average molecular weight is 229 g/mol. The summed E-state index contributed by atoms with van der Waals surface area (Å²) in [5, 5.41) is 7.28. The van der Waals surface area contributed by atoms with E-state index in [9.17, 15) is 0 Å². The first-order valence-corrected chi connectivity index (χ1v) is 5.91. The van der Waals surface area contributed by atoms with Crippen molar-refractivity contribution < 1.29 is 0 Å². The van der Waals surface area contributed by atoms with Crippen molar-refractivity contribution in [2.75, 3.05) is 6.54 Å². The molecule has 0 fully saturated rings. The van der Waals surface area contributed by atoms with Gasteiger partial charge in [0.25, 0.3) is 0 Å². The highest BCUT2D eigenvalue weighted by atomic mass is 15.1. The number of aryl methyl sites for hydroxylation is 3. The summed E-state index contributed by atoms with van der Waals surface area (Å²) < 4.78 is 0. The Kier molecular flexibility index (Phi) is 3.29. The summed E-state index contributed by atoms with van der Waals surface area (Å²) in [6, 6.07) is 8.56. The first kappa shape index (κ1) is 11.9. The largest absolute Gasteiger partial charge is 0.329 e. The van der Waals surface area contributed by atoms with Crippen molar-refractivity contribution >= 4 is 0 Å². The molecule has 1 aromatic carbocycles. The third-order valence-electron chi connectivity index (χ3n) is 3.25. The van der Waals surface area contributed by atoms with Gasteiger partial charge < -0.3 is 5.73 Å². The molecule has 1 aromatic heterocycles. The number of aromatic amines is 1. The topological polar surface area (TPSA) is 54.7 Å². The number of nitrogens with two attached hydrogens (primary N) is 1. The zero-order valence-corrected chi connectivity index (χ0v) is 10.6. The van der Waals surface area contributed by atoms with Gasteiger partial charge in [-0.3, -0.25) is 5.10 Å². The molecule has 1 heterocycles. The molecule has 3 heteroatoms. The molecule has 0 bridgehead atoms. The summed E-state index contributed by atoms with van der Waals surface area (Å²) in [7, 11) is 0. The van der Waals surface area contributed by atoms with Crippen molar-refractivity contribution in [1.82, 2.24) is 10.2 Å². The van der Waals surface area contributed by atoms with Gasteiger partial charge in [-0.15, -0.1) is 0 Å². The number of benzene rings is 1. The minimum absolute atomic E-state index is 0.180. The van der Waals surface area contributed by atoms with E-state index in [1.165, 1.54) is 16.7 Å². The predicted octanol–water partition coefficient (Wildman–Crippen LogP) is 2.43. The summed E-state index contributed by atoms with van der Waals surface area (Å²) in [4.78, 5) is 0. The van der Waals surface area contributed by atoms with Crippen LogP contribution in [0.4, 0.5) is 0 Å². The Hall–Kier alpha value is -1.61. The normalized spacial score (nSPS) is 12.7. The molecule has 90 valence electrons. The summed E-state index contributed by atoms with van der Waals surface area (Å²) >= 11 is 0. The minimum atomic E-state index is 0.180. The Morgan fingerprint density at radius 1 is 1.18 bits per heavy atom. The Bertz CT molecular complexity index is 514. The van der Waals surface area contributed by atoms with E-state index in [2.05, 4.69) is 48.3 Å². The van der Waals surface area contributed by atoms with Crippen LogP contribution in [0.2, 0.25) is 0 Å². The summed E-state index contributed by atoms with van der Waals surface area (Å²) in [5.41, 5.74) is 11.8. The van der Waals surface area contributed by atoms with Crippen LogP contribution < -0.4 is 5.73 Å². The number of nitrogens with zero attached hydrogens (tertiary/aromatic N) is 1. The first-order chi connectivity index (χ1) is 8.11. The third kappa shape index (κ3) is 2.39. The van der Waals surface area contributed by atoms with Crippen LogP contribution in [0.15, 0.2) is 24.3 Å². The van der Waals surface area contributed by atoms with Crippen molar-refractivity contribution in [3.63, 3.8) is 0 Å². The molecule has 0 aliphatic heterocycles. The maximum absolute atomic E-state index is 5.88. The molecule has 1 unspecified atom stereocenters. The lowest BCUT2D eigenvalue weighted by Crippen LogP contribution is -2.14. The molecule has 0 spiro atoms. The highest BCUT2D eigenvalue weighted by Crippen LogP contribution is 2.24. The first-order valence-electron chi connectivity index (χ1n) is 5.91. The fraction of sp³-hybridized carbons (Fsp3) is 0.357. The number of aromatic nitrogens is 2. The Morgan fingerprint density at radius 3 is 2.47 bits per heavy atom. The molecule has 3 nitrogen and oxygen atoms in total. The molecule has 2 aromatic rings. The maximum Gasteiger partial charge on any atom is 0.0712 e. The molecule has 0 radical (unpaired) electrons. The van der Waals surface area contributed by atoms with Crippen LogP contribution in [0.25, 0.3) is 0 Å². The van der Waals surface area contributed by atoms with Crippen molar-refractivity contribution in [2.45, 2.75) is 26.7 Å².